The molecule has 0 bridgehead atoms. The minimum Gasteiger partial charge on any atom is -0.477 e. The van der Waals surface area contributed by atoms with Gasteiger partial charge in [-0.3, -0.25) is 0 Å². The normalized spacial score (nSPS) is 26.5. The third kappa shape index (κ3) is 1.87. The van der Waals surface area contributed by atoms with Crippen LogP contribution in [-0.4, -0.2) is 34.3 Å². The molecule has 1 unspecified atom stereocenters. The molecular weight excluding hydrogens is 196 g/mol. The third-order valence-corrected chi connectivity index (χ3v) is 2.82. The molecule has 82 valence electrons. The number of aromatic amines is 1. The van der Waals surface area contributed by atoms with Gasteiger partial charge in [0.1, 0.15) is 11.5 Å². The molecule has 1 aliphatic rings. The van der Waals surface area contributed by atoms with Crippen molar-refractivity contribution in [1.29, 1.82) is 0 Å². The zero-order chi connectivity index (χ0) is 10.9. The van der Waals surface area contributed by atoms with Crippen molar-refractivity contribution in [2.45, 2.75) is 25.2 Å². The number of hydrogen-bond donors (Lipinski definition) is 2. The van der Waals surface area contributed by atoms with Crippen molar-refractivity contribution in [3.05, 3.63) is 17.7 Å². The molecule has 1 aliphatic heterocycles. The van der Waals surface area contributed by atoms with Gasteiger partial charge in [-0.1, -0.05) is 6.92 Å². The molecule has 5 nitrogen and oxygen atoms in total. The van der Waals surface area contributed by atoms with Crippen LogP contribution in [0, 0.1) is 0 Å². The van der Waals surface area contributed by atoms with E-state index in [-0.39, 0.29) is 11.1 Å². The lowest BCUT2D eigenvalue weighted by Crippen LogP contribution is -2.34. The first-order valence-corrected chi connectivity index (χ1v) is 4.98. The van der Waals surface area contributed by atoms with Crippen molar-refractivity contribution < 1.29 is 14.6 Å². The van der Waals surface area contributed by atoms with Gasteiger partial charge in [0.25, 0.3) is 0 Å². The number of imidazole rings is 1. The Morgan fingerprint density at radius 2 is 2.53 bits per heavy atom. The monoisotopic (exact) mass is 210 g/mol. The van der Waals surface area contributed by atoms with Gasteiger partial charge in [0, 0.05) is 12.0 Å². The maximum absolute atomic E-state index is 10.7. The zero-order valence-electron chi connectivity index (χ0n) is 8.62. The Kier molecular flexibility index (Phi) is 2.48. The van der Waals surface area contributed by atoms with Crippen LogP contribution < -0.4 is 0 Å². The molecule has 1 aromatic rings. The number of carboxylic acids is 1. The van der Waals surface area contributed by atoms with Gasteiger partial charge in [-0.2, -0.15) is 0 Å². The molecule has 2 rings (SSSR count). The first-order valence-electron chi connectivity index (χ1n) is 4.98. The van der Waals surface area contributed by atoms with Crippen LogP contribution >= 0.6 is 0 Å². The van der Waals surface area contributed by atoms with Crippen LogP contribution in [0.15, 0.2) is 6.20 Å². The van der Waals surface area contributed by atoms with Crippen molar-refractivity contribution in [3.63, 3.8) is 0 Å². The van der Waals surface area contributed by atoms with E-state index in [0.29, 0.717) is 12.4 Å². The van der Waals surface area contributed by atoms with E-state index in [1.54, 1.807) is 0 Å². The minimum absolute atomic E-state index is 0.136. The Balaban J connectivity index is 2.23. The lowest BCUT2D eigenvalue weighted by atomic mass is 9.84. The van der Waals surface area contributed by atoms with Crippen molar-refractivity contribution >= 4 is 5.97 Å². The molecule has 0 amide bonds. The summed E-state index contributed by atoms with van der Waals surface area (Å²) < 4.78 is 5.40. The molecule has 2 heterocycles. The van der Waals surface area contributed by atoms with Crippen LogP contribution in [0.5, 0.6) is 0 Å². The van der Waals surface area contributed by atoms with E-state index in [1.807, 2.05) is 6.92 Å². The third-order valence-electron chi connectivity index (χ3n) is 2.82. The molecule has 1 aromatic heterocycles. The quantitative estimate of drug-likeness (QED) is 0.768. The average Bonchev–Trinajstić information content (AvgIpc) is 2.68. The fraction of sp³-hybridized carbons (Fsp3) is 0.600. The molecule has 1 fully saturated rings. The summed E-state index contributed by atoms with van der Waals surface area (Å²) in [5.41, 5.74) is -0.0387. The Bertz CT molecular complexity index is 366. The highest BCUT2D eigenvalue weighted by Crippen LogP contribution is 2.30. The highest BCUT2D eigenvalue weighted by atomic mass is 16.5. The van der Waals surface area contributed by atoms with E-state index in [4.69, 9.17) is 9.84 Å². The summed E-state index contributed by atoms with van der Waals surface area (Å²) in [7, 11) is 0. The number of rotatable bonds is 2. The van der Waals surface area contributed by atoms with E-state index in [1.165, 1.54) is 6.20 Å². The predicted molar refractivity (Wildman–Crippen MR) is 53.0 cm³/mol. The van der Waals surface area contributed by atoms with E-state index in [0.717, 1.165) is 19.4 Å². The van der Waals surface area contributed by atoms with Crippen molar-refractivity contribution in [2.75, 3.05) is 13.2 Å². The van der Waals surface area contributed by atoms with Crippen molar-refractivity contribution in [2.24, 2.45) is 0 Å². The largest absolute Gasteiger partial charge is 0.477 e. The SMILES string of the molecule is CC1(c2ncc(C(=O)O)[nH]2)CCCOC1. The lowest BCUT2D eigenvalue weighted by Gasteiger charge is -2.31. The van der Waals surface area contributed by atoms with Crippen LogP contribution in [-0.2, 0) is 10.2 Å². The van der Waals surface area contributed by atoms with Gasteiger partial charge in [-0.05, 0) is 12.8 Å². The maximum atomic E-state index is 10.7. The summed E-state index contributed by atoms with van der Waals surface area (Å²) in [5.74, 6) is -0.270. The van der Waals surface area contributed by atoms with Crippen LogP contribution in [0.2, 0.25) is 0 Å². The second-order valence-electron chi connectivity index (χ2n) is 4.17. The van der Waals surface area contributed by atoms with E-state index in [9.17, 15) is 4.79 Å². The molecule has 2 N–H and O–H groups in total. The Labute approximate surface area is 87.5 Å². The second kappa shape index (κ2) is 3.66. The molecule has 5 heteroatoms. The fourth-order valence-corrected chi connectivity index (χ4v) is 1.86. The van der Waals surface area contributed by atoms with E-state index in [2.05, 4.69) is 9.97 Å². The maximum Gasteiger partial charge on any atom is 0.353 e. The number of H-pyrrole nitrogens is 1. The van der Waals surface area contributed by atoms with Gasteiger partial charge in [0.2, 0.25) is 0 Å². The predicted octanol–water partition coefficient (Wildman–Crippen LogP) is 1.18. The number of aromatic nitrogens is 2. The standard InChI is InChI=1S/C10H14N2O3/c1-10(3-2-4-15-6-10)9-11-5-7(12-9)8(13)14/h5H,2-4,6H2,1H3,(H,11,12)(H,13,14). The highest BCUT2D eigenvalue weighted by molar-refractivity contribution is 5.85. The zero-order valence-corrected chi connectivity index (χ0v) is 8.62. The number of nitrogens with one attached hydrogen (secondary N) is 1. The molecule has 0 radical (unpaired) electrons. The van der Waals surface area contributed by atoms with Gasteiger partial charge in [-0.25, -0.2) is 9.78 Å². The number of ether oxygens (including phenoxy) is 1. The molecular formula is C10H14N2O3. The summed E-state index contributed by atoms with van der Waals surface area (Å²) >= 11 is 0. The van der Waals surface area contributed by atoms with Crippen LogP contribution in [0.25, 0.3) is 0 Å². The highest BCUT2D eigenvalue weighted by Gasteiger charge is 2.32. The second-order valence-corrected chi connectivity index (χ2v) is 4.17. The summed E-state index contributed by atoms with van der Waals surface area (Å²) in [5, 5.41) is 8.78. The average molecular weight is 210 g/mol. The van der Waals surface area contributed by atoms with Crippen LogP contribution in [0.3, 0.4) is 0 Å². The number of nitrogens with zero attached hydrogens (tertiary/aromatic N) is 1. The molecule has 1 saturated heterocycles. The fourth-order valence-electron chi connectivity index (χ4n) is 1.86. The summed E-state index contributed by atoms with van der Waals surface area (Å²) in [6, 6.07) is 0. The Morgan fingerprint density at radius 1 is 1.73 bits per heavy atom. The topological polar surface area (TPSA) is 75.2 Å². The van der Waals surface area contributed by atoms with Gasteiger partial charge in [-0.15, -0.1) is 0 Å². The number of hydrogen-bond acceptors (Lipinski definition) is 3. The Hall–Kier alpha value is -1.36. The van der Waals surface area contributed by atoms with Gasteiger partial charge in [0.15, 0.2) is 0 Å². The van der Waals surface area contributed by atoms with Gasteiger partial charge in [0.05, 0.1) is 12.8 Å². The smallest absolute Gasteiger partial charge is 0.353 e. The van der Waals surface area contributed by atoms with Crippen molar-refractivity contribution in [1.82, 2.24) is 9.97 Å². The molecule has 0 spiro atoms. The van der Waals surface area contributed by atoms with Crippen LogP contribution in [0.4, 0.5) is 0 Å². The first kappa shape index (κ1) is 10.2. The summed E-state index contributed by atoms with van der Waals surface area (Å²) in [6.45, 7) is 3.41. The number of carboxylic acid groups (broad SMARTS) is 1. The van der Waals surface area contributed by atoms with Crippen LogP contribution in [0.1, 0.15) is 36.1 Å². The summed E-state index contributed by atoms with van der Waals surface area (Å²) in [6.07, 6.45) is 3.32. The first-order chi connectivity index (χ1) is 7.12. The molecule has 0 aromatic carbocycles. The van der Waals surface area contributed by atoms with Gasteiger partial charge >= 0.3 is 5.97 Å². The summed E-state index contributed by atoms with van der Waals surface area (Å²) in [4.78, 5) is 17.6. The number of aromatic carboxylic acids is 1. The molecule has 1 atom stereocenters. The number of carbonyl (C=O) groups is 1. The van der Waals surface area contributed by atoms with Gasteiger partial charge < -0.3 is 14.8 Å². The Morgan fingerprint density at radius 3 is 3.07 bits per heavy atom. The minimum atomic E-state index is -0.978. The van der Waals surface area contributed by atoms with E-state index < -0.39 is 5.97 Å². The van der Waals surface area contributed by atoms with Crippen molar-refractivity contribution in [3.8, 4) is 0 Å². The molecule has 0 aliphatic carbocycles. The molecule has 0 saturated carbocycles. The lowest BCUT2D eigenvalue weighted by molar-refractivity contribution is 0.0385. The van der Waals surface area contributed by atoms with E-state index >= 15 is 0 Å². The molecule has 15 heavy (non-hydrogen) atoms.